The minimum atomic E-state index is -0.718. The zero-order chi connectivity index (χ0) is 18.7. The van der Waals surface area contributed by atoms with Gasteiger partial charge in [-0.25, -0.2) is 0 Å². The molecular weight excluding hydrogens is 314 g/mol. The van der Waals surface area contributed by atoms with E-state index in [-0.39, 0.29) is 30.3 Å². The van der Waals surface area contributed by atoms with Crippen molar-refractivity contribution in [1.82, 2.24) is 4.90 Å². The van der Waals surface area contributed by atoms with Crippen LogP contribution in [0.3, 0.4) is 0 Å². The Labute approximate surface area is 149 Å². The van der Waals surface area contributed by atoms with Gasteiger partial charge in [0.25, 0.3) is 0 Å². The summed E-state index contributed by atoms with van der Waals surface area (Å²) in [5.41, 5.74) is 3.80. The summed E-state index contributed by atoms with van der Waals surface area (Å²) < 4.78 is 0. The molecule has 1 aromatic rings. The number of amides is 1. The molecule has 4 heteroatoms. The summed E-state index contributed by atoms with van der Waals surface area (Å²) in [6, 6.07) is 4.01. The molecular formula is C21H27NO3. The molecule has 4 nitrogen and oxygen atoms in total. The highest BCUT2D eigenvalue weighted by molar-refractivity contribution is 6.15. The van der Waals surface area contributed by atoms with E-state index in [1.807, 2.05) is 52.0 Å². The molecule has 0 heterocycles. The standard InChI is InChI=1S/C21H27NO3/c1-6-8-15-9-13(3)19(14(4)10-15)20-17(23)11-16(21(20)25)12-18(24)22(5)7-2/h6,8-10,16,20H,7,11-12H2,1-5H3/b8-6+. The Balaban J connectivity index is 2.30. The summed E-state index contributed by atoms with van der Waals surface area (Å²) in [5.74, 6) is -1.46. The van der Waals surface area contributed by atoms with E-state index in [1.54, 1.807) is 11.9 Å². The number of hydrogen-bond donors (Lipinski definition) is 0. The van der Waals surface area contributed by atoms with Crippen LogP contribution in [0.5, 0.6) is 0 Å². The summed E-state index contributed by atoms with van der Waals surface area (Å²) in [5, 5.41) is 0. The van der Waals surface area contributed by atoms with Gasteiger partial charge in [-0.15, -0.1) is 0 Å². The van der Waals surface area contributed by atoms with Crippen LogP contribution in [0.2, 0.25) is 0 Å². The molecule has 1 fully saturated rings. The van der Waals surface area contributed by atoms with Crippen LogP contribution in [0.4, 0.5) is 0 Å². The van der Waals surface area contributed by atoms with Crippen molar-refractivity contribution in [3.8, 4) is 0 Å². The Morgan fingerprint density at radius 2 is 1.84 bits per heavy atom. The summed E-state index contributed by atoms with van der Waals surface area (Å²) >= 11 is 0. The molecule has 0 aromatic heterocycles. The first kappa shape index (κ1) is 19.1. The second-order valence-electron chi connectivity index (χ2n) is 6.88. The summed E-state index contributed by atoms with van der Waals surface area (Å²) in [4.78, 5) is 39.2. The lowest BCUT2D eigenvalue weighted by Gasteiger charge is -2.18. The fourth-order valence-corrected chi connectivity index (χ4v) is 3.63. The number of allylic oxidation sites excluding steroid dienone is 1. The normalized spacial score (nSPS) is 20.5. The van der Waals surface area contributed by atoms with Gasteiger partial charge in [-0.05, 0) is 49.9 Å². The monoisotopic (exact) mass is 341 g/mol. The maximum atomic E-state index is 12.9. The lowest BCUT2D eigenvalue weighted by Crippen LogP contribution is -2.29. The minimum absolute atomic E-state index is 0.0630. The molecule has 1 aliphatic rings. The molecule has 2 unspecified atom stereocenters. The van der Waals surface area contributed by atoms with Crippen molar-refractivity contribution >= 4 is 23.5 Å². The average Bonchev–Trinajstić information content (AvgIpc) is 2.81. The van der Waals surface area contributed by atoms with Gasteiger partial charge in [0.1, 0.15) is 11.7 Å². The van der Waals surface area contributed by atoms with Crippen LogP contribution in [0.15, 0.2) is 18.2 Å². The number of aryl methyl sites for hydroxylation is 2. The largest absolute Gasteiger partial charge is 0.346 e. The third-order valence-electron chi connectivity index (χ3n) is 5.04. The highest BCUT2D eigenvalue weighted by atomic mass is 16.2. The number of carbonyl (C=O) groups is 3. The first-order chi connectivity index (χ1) is 11.8. The van der Waals surface area contributed by atoms with Gasteiger partial charge in [-0.3, -0.25) is 14.4 Å². The van der Waals surface area contributed by atoms with Crippen molar-refractivity contribution in [3.63, 3.8) is 0 Å². The van der Waals surface area contributed by atoms with Gasteiger partial charge >= 0.3 is 0 Å². The first-order valence-corrected chi connectivity index (χ1v) is 8.84. The molecule has 134 valence electrons. The number of Topliss-reactive ketones (excluding diaryl/α,β-unsaturated/α-hetero) is 2. The average molecular weight is 341 g/mol. The van der Waals surface area contributed by atoms with E-state index in [2.05, 4.69) is 0 Å². The lowest BCUT2D eigenvalue weighted by atomic mass is 9.86. The van der Waals surface area contributed by atoms with Crippen molar-refractivity contribution in [2.45, 2.75) is 46.5 Å². The van der Waals surface area contributed by atoms with E-state index in [1.165, 1.54) is 0 Å². The highest BCUT2D eigenvalue weighted by Crippen LogP contribution is 2.37. The highest BCUT2D eigenvalue weighted by Gasteiger charge is 2.44. The number of benzene rings is 1. The fraction of sp³-hybridized carbons (Fsp3) is 0.476. The van der Waals surface area contributed by atoms with Crippen LogP contribution in [-0.4, -0.2) is 36.0 Å². The van der Waals surface area contributed by atoms with E-state index in [0.717, 1.165) is 22.3 Å². The smallest absolute Gasteiger partial charge is 0.223 e. The van der Waals surface area contributed by atoms with Crippen molar-refractivity contribution in [1.29, 1.82) is 0 Å². The first-order valence-electron chi connectivity index (χ1n) is 8.84. The van der Waals surface area contributed by atoms with Crippen molar-refractivity contribution in [2.75, 3.05) is 13.6 Å². The lowest BCUT2D eigenvalue weighted by molar-refractivity contribution is -0.133. The van der Waals surface area contributed by atoms with Gasteiger partial charge in [0, 0.05) is 32.4 Å². The minimum Gasteiger partial charge on any atom is -0.346 e. The van der Waals surface area contributed by atoms with Gasteiger partial charge in [0.05, 0.1) is 0 Å². The molecule has 1 amide bonds. The van der Waals surface area contributed by atoms with Crippen molar-refractivity contribution < 1.29 is 14.4 Å². The predicted molar refractivity (Wildman–Crippen MR) is 99.4 cm³/mol. The Morgan fingerprint density at radius 1 is 1.24 bits per heavy atom. The van der Waals surface area contributed by atoms with Gasteiger partial charge in [0.2, 0.25) is 5.91 Å². The Kier molecular flexibility index (Phi) is 5.93. The Hall–Kier alpha value is -2.23. The third-order valence-corrected chi connectivity index (χ3v) is 5.04. The van der Waals surface area contributed by atoms with E-state index < -0.39 is 11.8 Å². The topological polar surface area (TPSA) is 54.5 Å². The molecule has 0 N–H and O–H groups in total. The van der Waals surface area contributed by atoms with Crippen molar-refractivity contribution in [3.05, 3.63) is 40.5 Å². The number of carbonyl (C=O) groups excluding carboxylic acids is 3. The zero-order valence-corrected chi connectivity index (χ0v) is 15.8. The van der Waals surface area contributed by atoms with Crippen molar-refractivity contribution in [2.24, 2.45) is 5.92 Å². The number of ketones is 2. The van der Waals surface area contributed by atoms with E-state index >= 15 is 0 Å². The molecule has 1 saturated carbocycles. The summed E-state index contributed by atoms with van der Waals surface area (Å²) in [6.45, 7) is 8.33. The van der Waals surface area contributed by atoms with Crippen LogP contribution in [0, 0.1) is 19.8 Å². The Morgan fingerprint density at radius 3 is 2.36 bits per heavy atom. The molecule has 1 aromatic carbocycles. The molecule has 2 rings (SSSR count). The van der Waals surface area contributed by atoms with Gasteiger partial charge in [0.15, 0.2) is 5.78 Å². The summed E-state index contributed by atoms with van der Waals surface area (Å²) in [6.07, 6.45) is 4.26. The van der Waals surface area contributed by atoms with Crippen LogP contribution in [0.1, 0.15) is 54.9 Å². The molecule has 25 heavy (non-hydrogen) atoms. The second kappa shape index (κ2) is 7.77. The fourth-order valence-electron chi connectivity index (χ4n) is 3.63. The quantitative estimate of drug-likeness (QED) is 0.771. The molecule has 2 atom stereocenters. The van der Waals surface area contributed by atoms with Gasteiger partial charge in [-0.1, -0.05) is 24.3 Å². The predicted octanol–water partition coefficient (Wildman–Crippen LogP) is 3.45. The number of nitrogens with zero attached hydrogens (tertiary/aromatic N) is 1. The summed E-state index contributed by atoms with van der Waals surface area (Å²) in [7, 11) is 1.72. The molecule has 0 radical (unpaired) electrons. The third kappa shape index (κ3) is 3.89. The number of rotatable bonds is 5. The molecule has 0 spiro atoms. The molecule has 0 bridgehead atoms. The van der Waals surface area contributed by atoms with E-state index in [4.69, 9.17) is 0 Å². The van der Waals surface area contributed by atoms with Crippen LogP contribution in [0.25, 0.3) is 6.08 Å². The zero-order valence-electron chi connectivity index (χ0n) is 15.8. The Bertz CT molecular complexity index is 710. The second-order valence-corrected chi connectivity index (χ2v) is 6.88. The maximum Gasteiger partial charge on any atom is 0.223 e. The van der Waals surface area contributed by atoms with E-state index in [0.29, 0.717) is 6.54 Å². The van der Waals surface area contributed by atoms with Gasteiger partial charge in [-0.2, -0.15) is 0 Å². The van der Waals surface area contributed by atoms with Crippen LogP contribution >= 0.6 is 0 Å². The molecule has 0 aliphatic heterocycles. The van der Waals surface area contributed by atoms with Gasteiger partial charge < -0.3 is 4.90 Å². The number of hydrogen-bond acceptors (Lipinski definition) is 3. The maximum absolute atomic E-state index is 12.9. The van der Waals surface area contributed by atoms with Crippen LogP contribution < -0.4 is 0 Å². The van der Waals surface area contributed by atoms with E-state index in [9.17, 15) is 14.4 Å². The SMILES string of the molecule is C/C=C/c1cc(C)c(C2C(=O)CC(CC(=O)N(C)CC)C2=O)c(C)c1. The van der Waals surface area contributed by atoms with Crippen LogP contribution in [-0.2, 0) is 14.4 Å². The molecule has 1 aliphatic carbocycles. The molecule has 0 saturated heterocycles.